The fourth-order valence-electron chi connectivity index (χ4n) is 1.98. The van der Waals surface area contributed by atoms with Crippen molar-refractivity contribution in [2.75, 3.05) is 0 Å². The van der Waals surface area contributed by atoms with Crippen molar-refractivity contribution in [1.29, 1.82) is 0 Å². The first-order valence-corrected chi connectivity index (χ1v) is 7.02. The number of rotatable bonds is 6. The molecule has 0 aromatic carbocycles. The van der Waals surface area contributed by atoms with Crippen molar-refractivity contribution in [3.63, 3.8) is 0 Å². The van der Waals surface area contributed by atoms with Crippen molar-refractivity contribution >= 4 is 15.9 Å². The van der Waals surface area contributed by atoms with E-state index in [1.165, 1.54) is 25.3 Å². The maximum absolute atomic E-state index is 12.9. The van der Waals surface area contributed by atoms with E-state index in [-0.39, 0.29) is 5.41 Å². The van der Waals surface area contributed by atoms with E-state index >= 15 is 0 Å². The summed E-state index contributed by atoms with van der Waals surface area (Å²) in [5.74, 6) is -0.535. The fraction of sp³-hybridized carbons (Fsp3) is 0.692. The lowest BCUT2D eigenvalue weighted by Gasteiger charge is -2.28. The summed E-state index contributed by atoms with van der Waals surface area (Å²) >= 11 is 3.39. The lowest BCUT2D eigenvalue weighted by molar-refractivity contribution is 0.378. The van der Waals surface area contributed by atoms with E-state index in [9.17, 15) is 4.39 Å². The molecule has 1 aromatic rings. The zero-order valence-electron chi connectivity index (χ0n) is 10.8. The minimum atomic E-state index is -0.535. The number of halogens is 2. The summed E-state index contributed by atoms with van der Waals surface area (Å²) < 4.78 is 13.7. The topological polar surface area (TPSA) is 25.8 Å². The van der Waals surface area contributed by atoms with E-state index in [4.69, 9.17) is 0 Å². The molecule has 0 saturated carbocycles. The third kappa shape index (κ3) is 3.73. The molecule has 1 atom stereocenters. The molecule has 4 heteroatoms. The van der Waals surface area contributed by atoms with Gasteiger partial charge in [0.2, 0.25) is 5.95 Å². The Balaban J connectivity index is 2.90. The van der Waals surface area contributed by atoms with Crippen LogP contribution in [0.3, 0.4) is 0 Å². The maximum Gasteiger partial charge on any atom is 0.234 e. The molecule has 1 aromatic heterocycles. The molecule has 0 N–H and O–H groups in total. The Hall–Kier alpha value is -0.510. The summed E-state index contributed by atoms with van der Waals surface area (Å²) in [6.45, 7) is 6.51. The second-order valence-corrected chi connectivity index (χ2v) is 5.59. The number of aromatic nitrogens is 2. The van der Waals surface area contributed by atoms with Gasteiger partial charge in [-0.15, -0.1) is 5.10 Å². The van der Waals surface area contributed by atoms with E-state index in [1.807, 2.05) is 0 Å². The van der Waals surface area contributed by atoms with Gasteiger partial charge in [-0.25, -0.2) is 0 Å². The molecule has 2 nitrogen and oxygen atoms in total. The zero-order valence-corrected chi connectivity index (χ0v) is 12.3. The van der Waals surface area contributed by atoms with Crippen LogP contribution in [0.4, 0.5) is 4.39 Å². The van der Waals surface area contributed by atoms with Crippen LogP contribution in [0.5, 0.6) is 0 Å². The normalized spacial score (nSPS) is 14.6. The highest BCUT2D eigenvalue weighted by Gasteiger charge is 2.28. The fourth-order valence-corrected chi connectivity index (χ4v) is 2.73. The molecule has 0 aliphatic rings. The number of unbranched alkanes of at least 4 members (excludes halogenated alkanes) is 2. The van der Waals surface area contributed by atoms with Crippen molar-refractivity contribution in [1.82, 2.24) is 10.2 Å². The Kier molecular flexibility index (Phi) is 5.50. The van der Waals surface area contributed by atoms with E-state index in [0.29, 0.717) is 0 Å². The van der Waals surface area contributed by atoms with Gasteiger partial charge in [0.05, 0.1) is 5.69 Å². The first-order valence-electron chi connectivity index (χ1n) is 6.22. The first kappa shape index (κ1) is 14.6. The van der Waals surface area contributed by atoms with Gasteiger partial charge in [-0.1, -0.05) is 40.0 Å². The van der Waals surface area contributed by atoms with Crippen molar-refractivity contribution in [2.45, 2.75) is 58.3 Å². The molecular formula is C13H20BrFN2. The number of nitrogens with zero attached hydrogens (tertiary/aromatic N) is 2. The average Bonchev–Trinajstić information content (AvgIpc) is 2.29. The molecule has 1 unspecified atom stereocenters. The van der Waals surface area contributed by atoms with Gasteiger partial charge in [0.15, 0.2) is 0 Å². The lowest BCUT2D eigenvalue weighted by atomic mass is 9.79. The Bertz CT molecular complexity index is 370. The molecule has 0 aliphatic heterocycles. The summed E-state index contributed by atoms with van der Waals surface area (Å²) in [4.78, 5) is 0. The van der Waals surface area contributed by atoms with Crippen molar-refractivity contribution in [3.8, 4) is 0 Å². The predicted octanol–water partition coefficient (Wildman–Crippen LogP) is 4.63. The van der Waals surface area contributed by atoms with E-state index < -0.39 is 5.95 Å². The molecule has 0 aliphatic carbocycles. The van der Waals surface area contributed by atoms with Gasteiger partial charge in [0.25, 0.3) is 0 Å². The molecule has 96 valence electrons. The highest BCUT2D eigenvalue weighted by Crippen LogP contribution is 2.35. The standard InChI is InChI=1S/C13H20BrFN2/c1-4-6-7-8-13(3,5-2)12-10(14)9-11(15)16-17-12/h9H,4-8H2,1-3H3. The van der Waals surface area contributed by atoms with Gasteiger partial charge in [0, 0.05) is 16.0 Å². The summed E-state index contributed by atoms with van der Waals surface area (Å²) in [6, 6.07) is 1.40. The second-order valence-electron chi connectivity index (χ2n) is 4.73. The van der Waals surface area contributed by atoms with Crippen LogP contribution in [0, 0.1) is 5.95 Å². The van der Waals surface area contributed by atoms with E-state index in [1.54, 1.807) is 0 Å². The van der Waals surface area contributed by atoms with Crippen LogP contribution >= 0.6 is 15.9 Å². The summed E-state index contributed by atoms with van der Waals surface area (Å²) in [7, 11) is 0. The second kappa shape index (κ2) is 6.43. The lowest BCUT2D eigenvalue weighted by Crippen LogP contribution is -2.24. The third-order valence-electron chi connectivity index (χ3n) is 3.40. The number of hydrogen-bond donors (Lipinski definition) is 0. The maximum atomic E-state index is 12.9. The van der Waals surface area contributed by atoms with Crippen LogP contribution in [0.25, 0.3) is 0 Å². The molecule has 0 spiro atoms. The number of hydrogen-bond acceptors (Lipinski definition) is 2. The highest BCUT2D eigenvalue weighted by molar-refractivity contribution is 9.10. The van der Waals surface area contributed by atoms with Gasteiger partial charge >= 0.3 is 0 Å². The Labute approximate surface area is 111 Å². The van der Waals surface area contributed by atoms with Crippen molar-refractivity contribution in [3.05, 3.63) is 22.2 Å². The quantitative estimate of drug-likeness (QED) is 0.716. The third-order valence-corrected chi connectivity index (χ3v) is 4.01. The van der Waals surface area contributed by atoms with Crippen molar-refractivity contribution < 1.29 is 4.39 Å². The molecule has 0 radical (unpaired) electrons. The van der Waals surface area contributed by atoms with Crippen LogP contribution in [-0.4, -0.2) is 10.2 Å². The molecular weight excluding hydrogens is 283 g/mol. The summed E-state index contributed by atoms with van der Waals surface area (Å²) in [6.07, 6.45) is 5.65. The Morgan fingerprint density at radius 3 is 2.53 bits per heavy atom. The smallest absolute Gasteiger partial charge is 0.183 e. The van der Waals surface area contributed by atoms with Gasteiger partial charge in [-0.3, -0.25) is 0 Å². The summed E-state index contributed by atoms with van der Waals surface area (Å²) in [5.41, 5.74) is 0.854. The van der Waals surface area contributed by atoms with Crippen LogP contribution in [-0.2, 0) is 5.41 Å². The molecule has 0 fully saturated rings. The predicted molar refractivity (Wildman–Crippen MR) is 71.5 cm³/mol. The minimum Gasteiger partial charge on any atom is -0.183 e. The van der Waals surface area contributed by atoms with Gasteiger partial charge in [-0.05, 0) is 28.8 Å². The monoisotopic (exact) mass is 302 g/mol. The van der Waals surface area contributed by atoms with Crippen LogP contribution in [0.2, 0.25) is 0 Å². The molecule has 0 saturated heterocycles. The highest BCUT2D eigenvalue weighted by atomic mass is 79.9. The van der Waals surface area contributed by atoms with Gasteiger partial charge in [-0.2, -0.15) is 9.49 Å². The molecule has 0 bridgehead atoms. The average molecular weight is 303 g/mol. The zero-order chi connectivity index (χ0) is 12.9. The summed E-state index contributed by atoms with van der Waals surface area (Å²) in [5, 5.41) is 7.56. The molecule has 17 heavy (non-hydrogen) atoms. The van der Waals surface area contributed by atoms with E-state index in [0.717, 1.165) is 23.0 Å². The van der Waals surface area contributed by atoms with Crippen LogP contribution in [0.15, 0.2) is 10.5 Å². The van der Waals surface area contributed by atoms with Crippen LogP contribution < -0.4 is 0 Å². The minimum absolute atomic E-state index is 0.0191. The Morgan fingerprint density at radius 2 is 2.00 bits per heavy atom. The van der Waals surface area contributed by atoms with E-state index in [2.05, 4.69) is 46.9 Å². The molecule has 1 rings (SSSR count). The van der Waals surface area contributed by atoms with Gasteiger partial charge in [0.1, 0.15) is 0 Å². The van der Waals surface area contributed by atoms with Crippen molar-refractivity contribution in [2.24, 2.45) is 0 Å². The Morgan fingerprint density at radius 1 is 1.29 bits per heavy atom. The van der Waals surface area contributed by atoms with Crippen LogP contribution in [0.1, 0.15) is 58.6 Å². The molecule has 1 heterocycles. The first-order chi connectivity index (χ1) is 8.03. The largest absolute Gasteiger partial charge is 0.234 e. The van der Waals surface area contributed by atoms with Gasteiger partial charge < -0.3 is 0 Å². The molecule has 0 amide bonds. The SMILES string of the molecule is CCCCCC(C)(CC)c1nnc(F)cc1Br.